The molecule has 0 aliphatic carbocycles. The molecule has 0 bridgehead atoms. The number of nitro benzene ring substituents is 1. The van der Waals surface area contributed by atoms with Gasteiger partial charge in [-0.25, -0.2) is 0 Å². The van der Waals surface area contributed by atoms with Crippen molar-refractivity contribution in [2.45, 2.75) is 18.9 Å². The smallest absolute Gasteiger partial charge is 0.298 e. The van der Waals surface area contributed by atoms with Gasteiger partial charge in [0.05, 0.1) is 4.92 Å². The first kappa shape index (κ1) is 12.9. The van der Waals surface area contributed by atoms with E-state index in [0.29, 0.717) is 23.2 Å². The van der Waals surface area contributed by atoms with E-state index in [9.17, 15) is 10.1 Å². The van der Waals surface area contributed by atoms with Crippen molar-refractivity contribution >= 4 is 22.8 Å². The summed E-state index contributed by atoms with van der Waals surface area (Å²) in [5.74, 6) is 0. The van der Waals surface area contributed by atoms with Crippen molar-refractivity contribution in [1.29, 1.82) is 0 Å². The third kappa shape index (κ3) is 2.44. The van der Waals surface area contributed by atoms with E-state index >= 15 is 0 Å². The third-order valence-electron chi connectivity index (χ3n) is 3.55. The minimum Gasteiger partial charge on any atom is -0.423 e. The third-order valence-corrected chi connectivity index (χ3v) is 3.55. The maximum atomic E-state index is 10.7. The van der Waals surface area contributed by atoms with Gasteiger partial charge >= 0.3 is 0 Å². The van der Waals surface area contributed by atoms with Crippen molar-refractivity contribution in [1.82, 2.24) is 10.3 Å². The van der Waals surface area contributed by atoms with E-state index in [1.165, 1.54) is 18.6 Å². The van der Waals surface area contributed by atoms with Crippen molar-refractivity contribution in [3.05, 3.63) is 28.3 Å². The summed E-state index contributed by atoms with van der Waals surface area (Å²) in [6.45, 7) is 1.87. The van der Waals surface area contributed by atoms with Crippen molar-refractivity contribution in [3.63, 3.8) is 0 Å². The topological polar surface area (TPSA) is 84.4 Å². The van der Waals surface area contributed by atoms with Crippen LogP contribution in [0.3, 0.4) is 0 Å². The number of oxazole rings is 1. The summed E-state index contributed by atoms with van der Waals surface area (Å²) in [5, 5.41) is 14.2. The Hall–Kier alpha value is -2.15. The Morgan fingerprint density at radius 2 is 2.45 bits per heavy atom. The molecule has 1 aliphatic heterocycles. The maximum absolute atomic E-state index is 10.7. The first-order chi connectivity index (χ1) is 9.63. The fourth-order valence-corrected chi connectivity index (χ4v) is 2.50. The van der Waals surface area contributed by atoms with Gasteiger partial charge in [0.15, 0.2) is 5.58 Å². The molecule has 3 rings (SSSR count). The summed E-state index contributed by atoms with van der Waals surface area (Å²) in [5.41, 5.74) is 1.11. The lowest BCUT2D eigenvalue weighted by Crippen LogP contribution is -2.35. The first-order valence-corrected chi connectivity index (χ1v) is 6.63. The number of likely N-dealkylation sites (N-methyl/N-ethyl adjacent to an activating group) is 1. The highest BCUT2D eigenvalue weighted by atomic mass is 16.6. The Morgan fingerprint density at radius 1 is 1.60 bits per heavy atom. The van der Waals surface area contributed by atoms with Gasteiger partial charge in [-0.15, -0.1) is 0 Å². The Morgan fingerprint density at radius 3 is 3.15 bits per heavy atom. The number of nitrogens with zero attached hydrogens (tertiary/aromatic N) is 3. The van der Waals surface area contributed by atoms with E-state index < -0.39 is 4.92 Å². The van der Waals surface area contributed by atoms with E-state index in [2.05, 4.69) is 10.3 Å². The molecule has 2 aromatic rings. The van der Waals surface area contributed by atoms with Crippen LogP contribution in [-0.4, -0.2) is 36.1 Å². The van der Waals surface area contributed by atoms with Crippen molar-refractivity contribution < 1.29 is 9.34 Å². The molecule has 106 valence electrons. The Labute approximate surface area is 115 Å². The Balaban J connectivity index is 1.82. The van der Waals surface area contributed by atoms with Crippen LogP contribution in [0.1, 0.15) is 12.8 Å². The lowest BCUT2D eigenvalue weighted by Gasteiger charge is -2.19. The number of rotatable bonds is 4. The molecule has 1 aromatic carbocycles. The van der Waals surface area contributed by atoms with Gasteiger partial charge in [-0.1, -0.05) is 0 Å². The van der Waals surface area contributed by atoms with Crippen LogP contribution in [0.4, 0.5) is 11.7 Å². The number of anilines is 1. The van der Waals surface area contributed by atoms with Crippen LogP contribution >= 0.6 is 0 Å². The number of hydrogen-bond acceptors (Lipinski definition) is 6. The number of benzene rings is 1. The van der Waals surface area contributed by atoms with Crippen LogP contribution in [0, 0.1) is 10.1 Å². The van der Waals surface area contributed by atoms with Gasteiger partial charge in [0.1, 0.15) is 5.52 Å². The Kier molecular flexibility index (Phi) is 3.27. The quantitative estimate of drug-likeness (QED) is 0.678. The normalized spacial score (nSPS) is 18.6. The molecule has 0 spiro atoms. The highest BCUT2D eigenvalue weighted by Gasteiger charge is 2.19. The summed E-state index contributed by atoms with van der Waals surface area (Å²) < 4.78 is 5.64. The lowest BCUT2D eigenvalue weighted by molar-refractivity contribution is -0.384. The minimum absolute atomic E-state index is 0.0254. The number of hydrogen-bond donors (Lipinski definition) is 1. The van der Waals surface area contributed by atoms with Gasteiger partial charge in [0.2, 0.25) is 0 Å². The van der Waals surface area contributed by atoms with E-state index in [0.717, 1.165) is 19.5 Å². The summed E-state index contributed by atoms with van der Waals surface area (Å²) in [4.78, 5) is 16.6. The van der Waals surface area contributed by atoms with Crippen LogP contribution in [0.5, 0.6) is 0 Å². The van der Waals surface area contributed by atoms with Gasteiger partial charge in [-0.2, -0.15) is 4.98 Å². The minimum atomic E-state index is -0.431. The molecule has 1 unspecified atom stereocenters. The van der Waals surface area contributed by atoms with Gasteiger partial charge in [-0.3, -0.25) is 10.1 Å². The molecule has 1 N–H and O–H groups in total. The second kappa shape index (κ2) is 5.09. The fourth-order valence-electron chi connectivity index (χ4n) is 2.50. The van der Waals surface area contributed by atoms with Crippen LogP contribution in [0.25, 0.3) is 11.1 Å². The highest BCUT2D eigenvalue weighted by Crippen LogP contribution is 2.25. The average molecular weight is 276 g/mol. The van der Waals surface area contributed by atoms with E-state index in [-0.39, 0.29) is 5.69 Å². The highest BCUT2D eigenvalue weighted by molar-refractivity contribution is 5.77. The monoisotopic (exact) mass is 276 g/mol. The number of nitro groups is 1. The van der Waals surface area contributed by atoms with Crippen LogP contribution in [0.2, 0.25) is 0 Å². The molecule has 2 heterocycles. The molecule has 1 saturated heterocycles. The largest absolute Gasteiger partial charge is 0.423 e. The molecular formula is C13H16N4O3. The standard InChI is InChI=1S/C13H16N4O3/c1-16(8-9-3-2-6-14-9)13-15-11-7-10(17(18)19)4-5-12(11)20-13/h4-5,7,9,14H,2-3,6,8H2,1H3. The number of nitrogens with one attached hydrogen (secondary N) is 1. The van der Waals surface area contributed by atoms with E-state index in [4.69, 9.17) is 4.42 Å². The molecule has 1 aromatic heterocycles. The maximum Gasteiger partial charge on any atom is 0.298 e. The molecule has 20 heavy (non-hydrogen) atoms. The van der Waals surface area contributed by atoms with E-state index in [1.54, 1.807) is 6.07 Å². The predicted octanol–water partition coefficient (Wildman–Crippen LogP) is 1.92. The first-order valence-electron chi connectivity index (χ1n) is 6.63. The lowest BCUT2D eigenvalue weighted by atomic mass is 10.2. The SMILES string of the molecule is CN(CC1CCCN1)c1nc2cc([N+](=O)[O-])ccc2o1. The zero-order valence-electron chi connectivity index (χ0n) is 11.2. The van der Waals surface area contributed by atoms with Crippen molar-refractivity contribution in [2.24, 2.45) is 0 Å². The second-order valence-electron chi connectivity index (χ2n) is 5.08. The summed E-state index contributed by atoms with van der Waals surface area (Å²) >= 11 is 0. The molecule has 0 amide bonds. The van der Waals surface area contributed by atoms with Crippen LogP contribution < -0.4 is 10.2 Å². The number of aromatic nitrogens is 1. The van der Waals surface area contributed by atoms with Gasteiger partial charge < -0.3 is 14.6 Å². The molecule has 0 radical (unpaired) electrons. The van der Waals surface area contributed by atoms with Gasteiger partial charge in [0.25, 0.3) is 11.7 Å². The molecule has 1 fully saturated rings. The number of non-ortho nitro benzene ring substituents is 1. The molecule has 7 heteroatoms. The van der Waals surface area contributed by atoms with Crippen LogP contribution in [0.15, 0.2) is 22.6 Å². The van der Waals surface area contributed by atoms with Gasteiger partial charge in [-0.05, 0) is 25.5 Å². The Bertz CT molecular complexity index is 634. The van der Waals surface area contributed by atoms with Crippen LogP contribution in [-0.2, 0) is 0 Å². The molecule has 1 aliphatic rings. The molecule has 0 saturated carbocycles. The summed E-state index contributed by atoms with van der Waals surface area (Å²) in [7, 11) is 1.92. The second-order valence-corrected chi connectivity index (χ2v) is 5.08. The molecular weight excluding hydrogens is 260 g/mol. The van der Waals surface area contributed by atoms with Gasteiger partial charge in [0, 0.05) is 31.8 Å². The number of fused-ring (bicyclic) bond motifs is 1. The van der Waals surface area contributed by atoms with E-state index in [1.807, 2.05) is 11.9 Å². The zero-order valence-corrected chi connectivity index (χ0v) is 11.2. The average Bonchev–Trinajstić information content (AvgIpc) is 3.05. The molecule has 7 nitrogen and oxygen atoms in total. The zero-order chi connectivity index (χ0) is 14.1. The predicted molar refractivity (Wildman–Crippen MR) is 75.0 cm³/mol. The van der Waals surface area contributed by atoms with Crippen molar-refractivity contribution in [3.8, 4) is 0 Å². The fraction of sp³-hybridized carbons (Fsp3) is 0.462. The summed E-state index contributed by atoms with van der Waals surface area (Å²) in [6.07, 6.45) is 2.34. The molecule has 1 atom stereocenters. The summed E-state index contributed by atoms with van der Waals surface area (Å²) in [6, 6.07) is 5.39. The van der Waals surface area contributed by atoms with Crippen molar-refractivity contribution in [2.75, 3.05) is 25.0 Å².